The number of rotatable bonds is 6. The van der Waals surface area contributed by atoms with Gasteiger partial charge in [0.2, 0.25) is 5.91 Å². The predicted octanol–water partition coefficient (Wildman–Crippen LogP) is 4.27. The Morgan fingerprint density at radius 1 is 1.06 bits per heavy atom. The van der Waals surface area contributed by atoms with Crippen molar-refractivity contribution in [1.82, 2.24) is 14.7 Å². The first kappa shape index (κ1) is 21.3. The number of nitrogens with zero attached hydrogens (tertiary/aromatic N) is 3. The Bertz CT molecular complexity index is 1050. The molecule has 0 radical (unpaired) electrons. The van der Waals surface area contributed by atoms with Gasteiger partial charge in [-0.05, 0) is 50.2 Å². The van der Waals surface area contributed by atoms with Crippen molar-refractivity contribution >= 4 is 29.1 Å². The molecular weight excluding hydrogens is 412 g/mol. The monoisotopic (exact) mass is 436 g/mol. The number of Topliss-reactive ketones (excluding diaryl/α,β-unsaturated/α-hetero) is 1. The number of carbonyl (C=O) groups excluding carboxylic acids is 2. The number of benzene rings is 2. The van der Waals surface area contributed by atoms with Crippen LogP contribution in [-0.4, -0.2) is 46.0 Å². The van der Waals surface area contributed by atoms with E-state index in [-0.39, 0.29) is 17.6 Å². The van der Waals surface area contributed by atoms with Crippen LogP contribution in [0.4, 0.5) is 5.82 Å². The second-order valence-corrected chi connectivity index (χ2v) is 8.31. The average Bonchev–Trinajstić information content (AvgIpc) is 3.15. The lowest BCUT2D eigenvalue weighted by atomic mass is 9.89. The number of carbonyl (C=O) groups is 2. The maximum atomic E-state index is 12.7. The van der Waals surface area contributed by atoms with Gasteiger partial charge in [0.25, 0.3) is 0 Å². The molecule has 1 amide bonds. The van der Waals surface area contributed by atoms with Crippen LogP contribution in [0.1, 0.15) is 23.2 Å². The van der Waals surface area contributed by atoms with Crippen molar-refractivity contribution in [3.8, 4) is 11.3 Å². The number of ketones is 1. The molecule has 7 heteroatoms. The first-order valence-electron chi connectivity index (χ1n) is 10.4. The highest BCUT2D eigenvalue weighted by atomic mass is 35.5. The number of anilines is 1. The third kappa shape index (κ3) is 5.21. The molecule has 2 aromatic carbocycles. The van der Waals surface area contributed by atoms with Crippen LogP contribution in [0, 0.1) is 5.92 Å². The third-order valence-electron chi connectivity index (χ3n) is 5.67. The average molecular weight is 437 g/mol. The van der Waals surface area contributed by atoms with Gasteiger partial charge in [0.05, 0.1) is 12.2 Å². The van der Waals surface area contributed by atoms with Crippen LogP contribution in [0.3, 0.4) is 0 Å². The number of piperidine rings is 1. The summed E-state index contributed by atoms with van der Waals surface area (Å²) in [6, 6.07) is 18.8. The number of halogens is 1. The lowest BCUT2D eigenvalue weighted by molar-refractivity contribution is -0.117. The van der Waals surface area contributed by atoms with Crippen LogP contribution in [0.2, 0.25) is 5.02 Å². The van der Waals surface area contributed by atoms with Gasteiger partial charge in [0.1, 0.15) is 5.82 Å². The second-order valence-electron chi connectivity index (χ2n) is 7.87. The largest absolute Gasteiger partial charge is 0.310 e. The standard InChI is InChI=1S/C24H25ClN4O2/c1-28-22(15-21(27-28)17-5-3-2-4-6-17)26-23(30)16-29-13-11-19(12-14-29)24(31)18-7-9-20(25)10-8-18/h2-10,15,19H,11-14,16H2,1H3,(H,26,30). The van der Waals surface area contributed by atoms with E-state index in [9.17, 15) is 9.59 Å². The van der Waals surface area contributed by atoms with Gasteiger partial charge in [-0.1, -0.05) is 41.9 Å². The maximum absolute atomic E-state index is 12.7. The minimum Gasteiger partial charge on any atom is -0.310 e. The van der Waals surface area contributed by atoms with Crippen LogP contribution >= 0.6 is 11.6 Å². The fraction of sp³-hybridized carbons (Fsp3) is 0.292. The summed E-state index contributed by atoms with van der Waals surface area (Å²) in [4.78, 5) is 27.4. The number of hydrogen-bond acceptors (Lipinski definition) is 4. The van der Waals surface area contributed by atoms with Crippen molar-refractivity contribution in [1.29, 1.82) is 0 Å². The van der Waals surface area contributed by atoms with E-state index < -0.39 is 0 Å². The van der Waals surface area contributed by atoms with E-state index in [0.717, 1.165) is 37.2 Å². The van der Waals surface area contributed by atoms with Crippen molar-refractivity contribution in [2.45, 2.75) is 12.8 Å². The molecule has 6 nitrogen and oxygen atoms in total. The Kier molecular flexibility index (Phi) is 6.49. The fourth-order valence-corrected chi connectivity index (χ4v) is 4.05. The van der Waals surface area contributed by atoms with E-state index in [4.69, 9.17) is 11.6 Å². The van der Waals surface area contributed by atoms with Crippen LogP contribution in [0.15, 0.2) is 60.7 Å². The summed E-state index contributed by atoms with van der Waals surface area (Å²) in [7, 11) is 1.82. The van der Waals surface area contributed by atoms with Gasteiger partial charge in [0, 0.05) is 35.2 Å². The minimum absolute atomic E-state index is 0.00834. The first-order chi connectivity index (χ1) is 15.0. The van der Waals surface area contributed by atoms with Crippen molar-refractivity contribution in [3.05, 3.63) is 71.2 Å². The van der Waals surface area contributed by atoms with Crippen molar-refractivity contribution in [3.63, 3.8) is 0 Å². The van der Waals surface area contributed by atoms with Gasteiger partial charge >= 0.3 is 0 Å². The maximum Gasteiger partial charge on any atom is 0.239 e. The Morgan fingerprint density at radius 3 is 2.42 bits per heavy atom. The zero-order chi connectivity index (χ0) is 21.8. The van der Waals surface area contributed by atoms with Gasteiger partial charge < -0.3 is 5.32 Å². The molecule has 0 saturated carbocycles. The lowest BCUT2D eigenvalue weighted by Gasteiger charge is -2.30. The minimum atomic E-state index is -0.0786. The Morgan fingerprint density at radius 2 is 1.74 bits per heavy atom. The number of nitrogens with one attached hydrogen (secondary N) is 1. The molecule has 3 aromatic rings. The number of aromatic nitrogens is 2. The lowest BCUT2D eigenvalue weighted by Crippen LogP contribution is -2.40. The molecule has 160 valence electrons. The molecule has 0 aliphatic carbocycles. The number of hydrogen-bond donors (Lipinski definition) is 1. The summed E-state index contributed by atoms with van der Waals surface area (Å²) in [6.45, 7) is 1.74. The predicted molar refractivity (Wildman–Crippen MR) is 122 cm³/mol. The number of likely N-dealkylation sites (tertiary alicyclic amines) is 1. The molecule has 1 aromatic heterocycles. The smallest absolute Gasteiger partial charge is 0.239 e. The summed E-state index contributed by atoms with van der Waals surface area (Å²) < 4.78 is 1.68. The molecule has 1 fully saturated rings. The molecule has 1 aliphatic rings. The van der Waals surface area contributed by atoms with Crippen molar-refractivity contribution in [2.24, 2.45) is 13.0 Å². The molecular formula is C24H25ClN4O2. The zero-order valence-corrected chi connectivity index (χ0v) is 18.2. The van der Waals surface area contributed by atoms with Crippen LogP contribution in [-0.2, 0) is 11.8 Å². The van der Waals surface area contributed by atoms with Crippen LogP contribution < -0.4 is 5.32 Å². The summed E-state index contributed by atoms with van der Waals surface area (Å²) in [5.41, 5.74) is 2.52. The summed E-state index contributed by atoms with van der Waals surface area (Å²) >= 11 is 5.91. The second kappa shape index (κ2) is 9.45. The van der Waals surface area contributed by atoms with Gasteiger partial charge in [-0.15, -0.1) is 0 Å². The van der Waals surface area contributed by atoms with Crippen molar-refractivity contribution in [2.75, 3.05) is 25.0 Å². The summed E-state index contributed by atoms with van der Waals surface area (Å²) in [5.74, 6) is 0.733. The van der Waals surface area contributed by atoms with Gasteiger partial charge in [-0.2, -0.15) is 5.10 Å². The first-order valence-corrected chi connectivity index (χ1v) is 10.8. The Balaban J connectivity index is 1.29. The van der Waals surface area contributed by atoms with Gasteiger partial charge in [0.15, 0.2) is 5.78 Å². The highest BCUT2D eigenvalue weighted by Crippen LogP contribution is 2.23. The molecule has 4 rings (SSSR count). The van der Waals surface area contributed by atoms with Crippen LogP contribution in [0.5, 0.6) is 0 Å². The quantitative estimate of drug-likeness (QED) is 0.586. The van der Waals surface area contributed by atoms with E-state index >= 15 is 0 Å². The molecule has 1 N–H and O–H groups in total. The van der Waals surface area contributed by atoms with Gasteiger partial charge in [-0.3, -0.25) is 19.2 Å². The van der Waals surface area contributed by atoms with Crippen molar-refractivity contribution < 1.29 is 9.59 Å². The normalized spacial score (nSPS) is 15.0. The summed E-state index contributed by atoms with van der Waals surface area (Å²) in [6.07, 6.45) is 1.50. The zero-order valence-electron chi connectivity index (χ0n) is 17.4. The molecule has 2 heterocycles. The molecule has 0 unspecified atom stereocenters. The molecule has 0 bridgehead atoms. The topological polar surface area (TPSA) is 67.2 Å². The van der Waals surface area contributed by atoms with Gasteiger partial charge in [-0.25, -0.2) is 0 Å². The Labute approximate surface area is 186 Å². The molecule has 1 saturated heterocycles. The Hall–Kier alpha value is -2.96. The van der Waals surface area contributed by atoms with E-state index in [2.05, 4.69) is 15.3 Å². The van der Waals surface area contributed by atoms with E-state index in [1.807, 2.05) is 43.4 Å². The third-order valence-corrected chi connectivity index (χ3v) is 5.92. The van der Waals surface area contributed by atoms with E-state index in [0.29, 0.717) is 22.9 Å². The molecule has 0 atom stereocenters. The number of amides is 1. The highest BCUT2D eigenvalue weighted by molar-refractivity contribution is 6.30. The SMILES string of the molecule is Cn1nc(-c2ccccc2)cc1NC(=O)CN1CCC(C(=O)c2ccc(Cl)cc2)CC1. The van der Waals surface area contributed by atoms with Crippen LogP contribution in [0.25, 0.3) is 11.3 Å². The molecule has 31 heavy (non-hydrogen) atoms. The molecule has 0 spiro atoms. The molecule has 1 aliphatic heterocycles. The van der Waals surface area contributed by atoms with E-state index in [1.54, 1.807) is 28.9 Å². The summed E-state index contributed by atoms with van der Waals surface area (Å²) in [5, 5.41) is 8.07. The highest BCUT2D eigenvalue weighted by Gasteiger charge is 2.26. The van der Waals surface area contributed by atoms with E-state index in [1.165, 1.54) is 0 Å². The number of aryl methyl sites for hydroxylation is 1. The fourth-order valence-electron chi connectivity index (χ4n) is 3.92.